The lowest BCUT2D eigenvalue weighted by atomic mass is 10.1. The number of nitrogens with zero attached hydrogens (tertiary/aromatic N) is 2. The van der Waals surface area contributed by atoms with Crippen molar-refractivity contribution in [2.24, 2.45) is 0 Å². The number of nitriles is 1. The lowest BCUT2D eigenvalue weighted by Gasteiger charge is -2.39. The number of hydrogen-bond donors (Lipinski definition) is 0. The Morgan fingerprint density at radius 2 is 1.00 bits per heavy atom. The molecule has 0 heterocycles. The Morgan fingerprint density at radius 1 is 0.773 bits per heavy atom. The Balaban J connectivity index is -0.000000640. The van der Waals surface area contributed by atoms with E-state index in [2.05, 4.69) is 34.3 Å². The molecule has 0 aromatic rings. The van der Waals surface area contributed by atoms with Gasteiger partial charge in [0.1, 0.15) is 0 Å². The SMILES string of the molecule is C=CC#N.CCCC[N+](CCCC)(CCCC)CCCC.[OH-]. The number of hydrogen-bond acceptors (Lipinski definition) is 2. The van der Waals surface area contributed by atoms with Gasteiger partial charge < -0.3 is 9.96 Å². The van der Waals surface area contributed by atoms with Gasteiger partial charge in [0.15, 0.2) is 0 Å². The molecule has 0 aromatic carbocycles. The molecular weight excluding hydrogens is 272 g/mol. The van der Waals surface area contributed by atoms with Crippen LogP contribution in [-0.2, 0) is 0 Å². The first-order valence-corrected chi connectivity index (χ1v) is 9.01. The summed E-state index contributed by atoms with van der Waals surface area (Å²) in [6.45, 7) is 18.1. The third-order valence-electron chi connectivity index (χ3n) is 4.04. The summed E-state index contributed by atoms with van der Waals surface area (Å²) >= 11 is 0. The van der Waals surface area contributed by atoms with Crippen LogP contribution in [0.4, 0.5) is 0 Å². The molecule has 0 bridgehead atoms. The molecule has 0 rings (SSSR count). The predicted octanol–water partition coefficient (Wildman–Crippen LogP) is 5.52. The van der Waals surface area contributed by atoms with E-state index in [0.29, 0.717) is 0 Å². The van der Waals surface area contributed by atoms with Crippen molar-refractivity contribution >= 4 is 0 Å². The minimum atomic E-state index is 0. The van der Waals surface area contributed by atoms with Gasteiger partial charge in [-0.3, -0.25) is 0 Å². The Labute approximate surface area is 139 Å². The first-order valence-electron chi connectivity index (χ1n) is 9.01. The van der Waals surface area contributed by atoms with Crippen molar-refractivity contribution in [3.05, 3.63) is 12.7 Å². The molecule has 0 aliphatic rings. The van der Waals surface area contributed by atoms with Crippen LogP contribution < -0.4 is 0 Å². The monoisotopic (exact) mass is 312 g/mol. The fourth-order valence-electron chi connectivity index (χ4n) is 2.64. The average Bonchev–Trinajstić information content (AvgIpc) is 2.53. The van der Waals surface area contributed by atoms with E-state index in [4.69, 9.17) is 5.26 Å². The fourth-order valence-corrected chi connectivity index (χ4v) is 2.64. The van der Waals surface area contributed by atoms with Gasteiger partial charge in [0.25, 0.3) is 0 Å². The van der Waals surface area contributed by atoms with Gasteiger partial charge in [-0.05, 0) is 25.7 Å². The van der Waals surface area contributed by atoms with Gasteiger partial charge in [0.2, 0.25) is 0 Å². The number of unbranched alkanes of at least 4 members (excludes halogenated alkanes) is 4. The van der Waals surface area contributed by atoms with E-state index in [1.54, 1.807) is 6.07 Å². The molecule has 3 nitrogen and oxygen atoms in total. The summed E-state index contributed by atoms with van der Waals surface area (Å²) in [5, 5.41) is 7.51. The summed E-state index contributed by atoms with van der Waals surface area (Å²) < 4.78 is 1.42. The van der Waals surface area contributed by atoms with Gasteiger partial charge in [-0.25, -0.2) is 0 Å². The van der Waals surface area contributed by atoms with Gasteiger partial charge in [-0.15, -0.1) is 0 Å². The lowest BCUT2D eigenvalue weighted by molar-refractivity contribution is -0.929. The van der Waals surface area contributed by atoms with E-state index in [9.17, 15) is 0 Å². The summed E-state index contributed by atoms with van der Waals surface area (Å²) in [7, 11) is 0. The first kappa shape index (κ1) is 26.1. The number of quaternary nitrogens is 1. The molecule has 0 fully saturated rings. The maximum Gasteiger partial charge on any atom is 0.0905 e. The summed E-state index contributed by atoms with van der Waals surface area (Å²) in [6, 6.07) is 1.69. The van der Waals surface area contributed by atoms with E-state index >= 15 is 0 Å². The van der Waals surface area contributed by atoms with Gasteiger partial charge >= 0.3 is 0 Å². The molecule has 22 heavy (non-hydrogen) atoms. The molecule has 0 saturated carbocycles. The molecule has 0 spiro atoms. The highest BCUT2D eigenvalue weighted by molar-refractivity contribution is 4.93. The second-order valence-electron chi connectivity index (χ2n) is 5.98. The van der Waals surface area contributed by atoms with Crippen LogP contribution in [0.2, 0.25) is 0 Å². The van der Waals surface area contributed by atoms with E-state index in [0.717, 1.165) is 0 Å². The summed E-state index contributed by atoms with van der Waals surface area (Å²) in [5.74, 6) is 0. The lowest BCUT2D eigenvalue weighted by Crippen LogP contribution is -2.50. The van der Waals surface area contributed by atoms with Crippen LogP contribution in [0.1, 0.15) is 79.1 Å². The topological polar surface area (TPSA) is 53.8 Å². The Bertz CT molecular complexity index is 221. The molecule has 0 saturated heterocycles. The Morgan fingerprint density at radius 3 is 1.14 bits per heavy atom. The summed E-state index contributed by atoms with van der Waals surface area (Å²) in [6.07, 6.45) is 12.2. The Hall–Kier alpha value is -0.850. The van der Waals surface area contributed by atoms with Crippen LogP contribution in [-0.4, -0.2) is 36.1 Å². The van der Waals surface area contributed by atoms with Crippen LogP contribution in [0.5, 0.6) is 0 Å². The van der Waals surface area contributed by atoms with Crippen molar-refractivity contribution in [3.63, 3.8) is 0 Å². The molecule has 0 amide bonds. The third kappa shape index (κ3) is 15.5. The zero-order chi connectivity index (χ0) is 16.4. The molecule has 132 valence electrons. The van der Waals surface area contributed by atoms with Crippen molar-refractivity contribution in [2.45, 2.75) is 79.1 Å². The highest BCUT2D eigenvalue weighted by Gasteiger charge is 2.24. The van der Waals surface area contributed by atoms with E-state index in [1.807, 2.05) is 0 Å². The third-order valence-corrected chi connectivity index (χ3v) is 4.04. The zero-order valence-electron chi connectivity index (χ0n) is 15.6. The zero-order valence-corrected chi connectivity index (χ0v) is 15.6. The molecule has 0 radical (unpaired) electrons. The van der Waals surface area contributed by atoms with Gasteiger partial charge in [-0.2, -0.15) is 5.26 Å². The molecule has 0 atom stereocenters. The standard InChI is InChI=1S/C16H36N.C3H3N.H2O/c1-5-9-13-17(14-10-6-2,15-11-7-3)16-12-8-4;1-2-3-4;/h5-16H2,1-4H3;2H,1H2;1H2/q+1;;/p-1. The van der Waals surface area contributed by atoms with E-state index < -0.39 is 0 Å². The molecule has 0 aliphatic carbocycles. The first-order chi connectivity index (χ1) is 10.2. The van der Waals surface area contributed by atoms with Gasteiger partial charge in [-0.1, -0.05) is 60.0 Å². The van der Waals surface area contributed by atoms with Crippen LogP contribution in [0.3, 0.4) is 0 Å². The fraction of sp³-hybridized carbons (Fsp3) is 0.842. The largest absolute Gasteiger partial charge is 0.870 e. The molecule has 1 N–H and O–H groups in total. The van der Waals surface area contributed by atoms with Crippen LogP contribution >= 0.6 is 0 Å². The van der Waals surface area contributed by atoms with Gasteiger partial charge in [0, 0.05) is 6.08 Å². The smallest absolute Gasteiger partial charge is 0.0905 e. The van der Waals surface area contributed by atoms with Crippen molar-refractivity contribution in [1.29, 1.82) is 5.26 Å². The summed E-state index contributed by atoms with van der Waals surface area (Å²) in [4.78, 5) is 0. The van der Waals surface area contributed by atoms with Crippen LogP contribution in [0.15, 0.2) is 12.7 Å². The Kier molecular flexibility index (Phi) is 23.9. The minimum absolute atomic E-state index is 0. The molecule has 0 aliphatic heterocycles. The average molecular weight is 313 g/mol. The second-order valence-corrected chi connectivity index (χ2v) is 5.98. The maximum absolute atomic E-state index is 7.51. The van der Waals surface area contributed by atoms with Crippen molar-refractivity contribution in [3.8, 4) is 6.07 Å². The molecular formula is C19H40N2O. The van der Waals surface area contributed by atoms with Crippen molar-refractivity contribution < 1.29 is 9.96 Å². The minimum Gasteiger partial charge on any atom is -0.870 e. The quantitative estimate of drug-likeness (QED) is 0.352. The van der Waals surface area contributed by atoms with Crippen LogP contribution in [0.25, 0.3) is 0 Å². The van der Waals surface area contributed by atoms with Crippen molar-refractivity contribution in [1.82, 2.24) is 0 Å². The maximum atomic E-state index is 7.51. The number of allylic oxidation sites excluding steroid dienone is 1. The number of rotatable bonds is 12. The van der Waals surface area contributed by atoms with E-state index in [-0.39, 0.29) is 5.48 Å². The van der Waals surface area contributed by atoms with E-state index in [1.165, 1.54) is 88.1 Å². The van der Waals surface area contributed by atoms with Crippen LogP contribution in [0, 0.1) is 11.3 Å². The molecule has 0 aromatic heterocycles. The normalized spacial score (nSPS) is 9.95. The molecule has 0 unspecified atom stereocenters. The second kappa shape index (κ2) is 20.1. The molecule has 3 heteroatoms. The predicted molar refractivity (Wildman–Crippen MR) is 97.1 cm³/mol. The van der Waals surface area contributed by atoms with Gasteiger partial charge in [0.05, 0.1) is 32.2 Å². The van der Waals surface area contributed by atoms with Crippen molar-refractivity contribution in [2.75, 3.05) is 26.2 Å². The highest BCUT2D eigenvalue weighted by Crippen LogP contribution is 2.16. The summed E-state index contributed by atoms with van der Waals surface area (Å²) in [5.41, 5.74) is 0. The highest BCUT2D eigenvalue weighted by atomic mass is 16.0.